The number of carbonyl (C=O) groups excluding carboxylic acids is 1. The number of pyridine rings is 1. The smallest absolute Gasteiger partial charge is 0.311 e. The maximum absolute atomic E-state index is 12.5. The van der Waals surface area contributed by atoms with E-state index in [1.807, 2.05) is 36.5 Å². The predicted molar refractivity (Wildman–Crippen MR) is 109 cm³/mol. The largest absolute Gasteiger partial charge is 0.505 e. The van der Waals surface area contributed by atoms with Gasteiger partial charge in [0, 0.05) is 30.1 Å². The molecule has 1 saturated carbocycles. The number of carbonyl (C=O) groups is 2. The van der Waals surface area contributed by atoms with Crippen molar-refractivity contribution in [1.29, 1.82) is 0 Å². The number of aromatic nitrogens is 3. The van der Waals surface area contributed by atoms with Crippen molar-refractivity contribution in [3.8, 4) is 22.6 Å². The first-order chi connectivity index (χ1) is 14.5. The minimum atomic E-state index is -0.933. The second kappa shape index (κ2) is 7.98. The quantitative estimate of drug-likeness (QED) is 0.579. The second-order valence-electron chi connectivity index (χ2n) is 7.58. The molecule has 8 nitrogen and oxygen atoms in total. The van der Waals surface area contributed by atoms with E-state index in [0.717, 1.165) is 24.1 Å². The molecule has 1 fully saturated rings. The zero-order chi connectivity index (χ0) is 21.1. The first-order valence-corrected chi connectivity index (χ1v) is 9.80. The number of nitrogens with zero attached hydrogens (tertiary/aromatic N) is 3. The fourth-order valence-electron chi connectivity index (χ4n) is 3.83. The summed E-state index contributed by atoms with van der Waals surface area (Å²) in [6, 6.07) is 11.1. The Labute approximate surface area is 173 Å². The topological polar surface area (TPSA) is 117 Å². The van der Waals surface area contributed by atoms with E-state index >= 15 is 0 Å². The van der Waals surface area contributed by atoms with Crippen LogP contribution >= 0.6 is 0 Å². The van der Waals surface area contributed by atoms with E-state index in [-0.39, 0.29) is 18.0 Å². The number of carboxylic acid groups (broad SMARTS) is 1. The van der Waals surface area contributed by atoms with Gasteiger partial charge in [-0.05, 0) is 31.0 Å². The number of benzene rings is 1. The molecular formula is C22H22N4O4. The van der Waals surface area contributed by atoms with Crippen molar-refractivity contribution in [1.82, 2.24) is 20.1 Å². The molecule has 0 aliphatic heterocycles. The molecule has 0 unspecified atom stereocenters. The molecule has 2 aromatic heterocycles. The van der Waals surface area contributed by atoms with Crippen LogP contribution in [0.5, 0.6) is 5.75 Å². The molecule has 0 bridgehead atoms. The summed E-state index contributed by atoms with van der Waals surface area (Å²) in [5.74, 6) is -1.76. The van der Waals surface area contributed by atoms with Crippen LogP contribution in [0, 0.1) is 5.41 Å². The van der Waals surface area contributed by atoms with Crippen molar-refractivity contribution >= 4 is 11.9 Å². The van der Waals surface area contributed by atoms with Crippen LogP contribution in [0.3, 0.4) is 0 Å². The molecule has 2 heterocycles. The van der Waals surface area contributed by atoms with Crippen molar-refractivity contribution in [2.45, 2.75) is 25.7 Å². The van der Waals surface area contributed by atoms with Gasteiger partial charge >= 0.3 is 5.97 Å². The highest BCUT2D eigenvalue weighted by molar-refractivity contribution is 5.95. The molecule has 0 spiro atoms. The Kier molecular flexibility index (Phi) is 5.22. The van der Waals surface area contributed by atoms with Gasteiger partial charge in [-0.1, -0.05) is 31.0 Å². The summed E-state index contributed by atoms with van der Waals surface area (Å²) in [5.41, 5.74) is 1.19. The van der Waals surface area contributed by atoms with E-state index < -0.39 is 17.3 Å². The number of hydrogen-bond acceptors (Lipinski definition) is 5. The molecule has 1 amide bonds. The van der Waals surface area contributed by atoms with E-state index in [9.17, 15) is 19.8 Å². The lowest BCUT2D eigenvalue weighted by Crippen LogP contribution is -2.41. The van der Waals surface area contributed by atoms with Crippen molar-refractivity contribution in [3.63, 3.8) is 0 Å². The third kappa shape index (κ3) is 3.76. The fraction of sp³-hybridized carbons (Fsp3) is 0.273. The highest BCUT2D eigenvalue weighted by atomic mass is 16.4. The van der Waals surface area contributed by atoms with Crippen molar-refractivity contribution < 1.29 is 19.8 Å². The summed E-state index contributed by atoms with van der Waals surface area (Å²) in [6.07, 6.45) is 7.68. The van der Waals surface area contributed by atoms with E-state index in [4.69, 9.17) is 0 Å². The number of aromatic hydroxyl groups is 1. The van der Waals surface area contributed by atoms with Gasteiger partial charge in [-0.15, -0.1) is 0 Å². The summed E-state index contributed by atoms with van der Waals surface area (Å²) in [5, 5.41) is 26.8. The number of nitrogens with one attached hydrogen (secondary N) is 1. The van der Waals surface area contributed by atoms with Crippen LogP contribution in [0.15, 0.2) is 55.0 Å². The van der Waals surface area contributed by atoms with E-state index in [0.29, 0.717) is 18.4 Å². The highest BCUT2D eigenvalue weighted by Gasteiger charge is 2.41. The standard InChI is InChI=1S/C22H22N4O4/c27-18-10-15(16-12-25-26(13-16)17-6-2-1-3-7-17)11-23-19(18)20(28)24-14-22(21(29)30)8-4-5-9-22/h1-3,6-7,10-13,27H,4-5,8-9,14H2,(H,24,28)(H,29,30). The van der Waals surface area contributed by atoms with Gasteiger partial charge in [-0.3, -0.25) is 9.59 Å². The molecule has 4 rings (SSSR count). The predicted octanol–water partition coefficient (Wildman–Crippen LogP) is 3.01. The van der Waals surface area contributed by atoms with Gasteiger partial charge in [0.05, 0.1) is 17.3 Å². The van der Waals surface area contributed by atoms with Crippen LogP contribution in [0.2, 0.25) is 0 Å². The molecule has 154 valence electrons. The summed E-state index contributed by atoms with van der Waals surface area (Å²) < 4.78 is 1.71. The highest BCUT2D eigenvalue weighted by Crippen LogP contribution is 2.38. The van der Waals surface area contributed by atoms with Crippen molar-refractivity contribution in [3.05, 3.63) is 60.7 Å². The molecule has 1 aliphatic rings. The number of amides is 1. The number of para-hydroxylation sites is 1. The lowest BCUT2D eigenvalue weighted by molar-refractivity contribution is -0.148. The van der Waals surface area contributed by atoms with Gasteiger partial charge in [0.25, 0.3) is 5.91 Å². The minimum Gasteiger partial charge on any atom is -0.505 e. The number of carboxylic acids is 1. The Bertz CT molecular complexity index is 1070. The fourth-order valence-corrected chi connectivity index (χ4v) is 3.83. The SMILES string of the molecule is O=C(NCC1(C(=O)O)CCCC1)c1ncc(-c2cnn(-c3ccccc3)c2)cc1O. The Balaban J connectivity index is 1.49. The van der Waals surface area contributed by atoms with E-state index in [2.05, 4.69) is 15.4 Å². The van der Waals surface area contributed by atoms with Gasteiger partial charge in [0.15, 0.2) is 5.69 Å². The molecule has 8 heteroatoms. The van der Waals surface area contributed by atoms with Crippen LogP contribution in [0.25, 0.3) is 16.8 Å². The third-order valence-electron chi connectivity index (χ3n) is 5.62. The average Bonchev–Trinajstić information content (AvgIpc) is 3.43. The molecule has 30 heavy (non-hydrogen) atoms. The Morgan fingerprint density at radius 3 is 2.50 bits per heavy atom. The first kappa shape index (κ1) is 19.6. The van der Waals surface area contributed by atoms with Crippen molar-refractivity contribution in [2.24, 2.45) is 5.41 Å². The summed E-state index contributed by atoms with van der Waals surface area (Å²) in [4.78, 5) is 28.2. The molecular weight excluding hydrogens is 384 g/mol. The number of aliphatic carboxylic acids is 1. The second-order valence-corrected chi connectivity index (χ2v) is 7.58. The zero-order valence-electron chi connectivity index (χ0n) is 16.3. The maximum Gasteiger partial charge on any atom is 0.311 e. The maximum atomic E-state index is 12.5. The molecule has 3 N–H and O–H groups in total. The van der Waals surface area contributed by atoms with Gasteiger partial charge in [0.1, 0.15) is 5.75 Å². The average molecular weight is 406 g/mol. The monoisotopic (exact) mass is 406 g/mol. The summed E-state index contributed by atoms with van der Waals surface area (Å²) in [7, 11) is 0. The Hall–Kier alpha value is -3.68. The lowest BCUT2D eigenvalue weighted by atomic mass is 9.86. The number of hydrogen-bond donors (Lipinski definition) is 3. The van der Waals surface area contributed by atoms with Crippen molar-refractivity contribution in [2.75, 3.05) is 6.54 Å². The summed E-state index contributed by atoms with van der Waals surface area (Å²) in [6.45, 7) is 0.0217. The zero-order valence-corrected chi connectivity index (χ0v) is 16.3. The molecule has 0 saturated heterocycles. The molecule has 1 aliphatic carbocycles. The van der Waals surface area contributed by atoms with Crippen LogP contribution in [0.4, 0.5) is 0 Å². The first-order valence-electron chi connectivity index (χ1n) is 9.80. The van der Waals surface area contributed by atoms with Crippen LogP contribution in [0.1, 0.15) is 36.2 Å². The van der Waals surface area contributed by atoms with Crippen LogP contribution in [-0.2, 0) is 4.79 Å². The normalized spacial score (nSPS) is 15.1. The van der Waals surface area contributed by atoms with Crippen LogP contribution < -0.4 is 5.32 Å². The molecule has 3 aromatic rings. The van der Waals surface area contributed by atoms with Gasteiger partial charge < -0.3 is 15.5 Å². The van der Waals surface area contributed by atoms with Gasteiger partial charge in [-0.25, -0.2) is 9.67 Å². The number of rotatable bonds is 6. The molecule has 0 radical (unpaired) electrons. The van der Waals surface area contributed by atoms with Crippen LogP contribution in [-0.4, -0.2) is 43.4 Å². The lowest BCUT2D eigenvalue weighted by Gasteiger charge is -2.23. The Morgan fingerprint density at radius 2 is 1.83 bits per heavy atom. The van der Waals surface area contributed by atoms with Gasteiger partial charge in [-0.2, -0.15) is 5.10 Å². The Morgan fingerprint density at radius 1 is 1.10 bits per heavy atom. The summed E-state index contributed by atoms with van der Waals surface area (Å²) >= 11 is 0. The van der Waals surface area contributed by atoms with E-state index in [1.54, 1.807) is 10.9 Å². The van der Waals surface area contributed by atoms with Gasteiger partial charge in [0.2, 0.25) is 0 Å². The molecule has 1 aromatic carbocycles. The van der Waals surface area contributed by atoms with E-state index in [1.165, 1.54) is 12.3 Å². The molecule has 0 atom stereocenters. The third-order valence-corrected chi connectivity index (χ3v) is 5.62. The minimum absolute atomic E-state index is 0.0217.